The molecule has 3 nitrogen and oxygen atoms in total. The smallest absolute Gasteiger partial charge is 0.222 e. The van der Waals surface area contributed by atoms with Crippen molar-refractivity contribution in [1.29, 1.82) is 0 Å². The molecule has 110 valence electrons. The highest BCUT2D eigenvalue weighted by Gasteiger charge is 2.44. The summed E-state index contributed by atoms with van der Waals surface area (Å²) in [5.74, 6) is 0.0262. The molecule has 2 N–H and O–H groups in total. The van der Waals surface area contributed by atoms with Crippen LogP contribution in [0.3, 0.4) is 0 Å². The van der Waals surface area contributed by atoms with E-state index in [0.717, 1.165) is 17.9 Å². The van der Waals surface area contributed by atoms with Crippen molar-refractivity contribution in [3.05, 3.63) is 34.9 Å². The van der Waals surface area contributed by atoms with Crippen LogP contribution in [0.15, 0.2) is 24.3 Å². The molecule has 1 amide bonds. The Bertz CT molecular complexity index is 466. The maximum absolute atomic E-state index is 11.8. The fourth-order valence-electron chi connectivity index (χ4n) is 2.29. The number of amides is 1. The molecule has 4 heteroatoms. The first-order valence-electron chi connectivity index (χ1n) is 7.14. The molecule has 1 aromatic carbocycles. The topological polar surface area (TPSA) is 49.3 Å². The van der Waals surface area contributed by atoms with Gasteiger partial charge in [-0.2, -0.15) is 0 Å². The van der Waals surface area contributed by atoms with E-state index in [4.69, 9.17) is 11.6 Å². The van der Waals surface area contributed by atoms with Crippen LogP contribution in [0.25, 0.3) is 0 Å². The lowest BCUT2D eigenvalue weighted by molar-refractivity contribution is -0.123. The van der Waals surface area contributed by atoms with Crippen LogP contribution in [0.2, 0.25) is 5.02 Å². The first-order valence-corrected chi connectivity index (χ1v) is 7.51. The standard InChI is InChI=1S/C16H22ClNO2/c1-11(2)14(19)9-15(20)18-10-16(7-8-16)12-3-5-13(17)6-4-12/h3-6,11,14,19H,7-10H2,1-2H3,(H,18,20). The number of benzene rings is 1. The number of nitrogens with one attached hydrogen (secondary N) is 1. The Morgan fingerprint density at radius 2 is 1.95 bits per heavy atom. The third-order valence-corrected chi connectivity index (χ3v) is 4.35. The van der Waals surface area contributed by atoms with Crippen molar-refractivity contribution in [2.24, 2.45) is 5.92 Å². The lowest BCUT2D eigenvalue weighted by atomic mass is 9.96. The summed E-state index contributed by atoms with van der Waals surface area (Å²) in [5.41, 5.74) is 1.30. The van der Waals surface area contributed by atoms with E-state index in [-0.39, 0.29) is 23.7 Å². The Hall–Kier alpha value is -1.06. The van der Waals surface area contributed by atoms with Gasteiger partial charge in [-0.1, -0.05) is 37.6 Å². The van der Waals surface area contributed by atoms with Crippen molar-refractivity contribution in [3.63, 3.8) is 0 Å². The molecule has 1 fully saturated rings. The summed E-state index contributed by atoms with van der Waals surface area (Å²) >= 11 is 5.90. The Morgan fingerprint density at radius 3 is 2.45 bits per heavy atom. The van der Waals surface area contributed by atoms with Crippen LogP contribution < -0.4 is 5.32 Å². The summed E-state index contributed by atoms with van der Waals surface area (Å²) in [6.07, 6.45) is 1.78. The van der Waals surface area contributed by atoms with E-state index in [9.17, 15) is 9.90 Å². The summed E-state index contributed by atoms with van der Waals surface area (Å²) in [6.45, 7) is 4.46. The number of rotatable bonds is 6. The zero-order valence-corrected chi connectivity index (χ0v) is 12.8. The Balaban J connectivity index is 1.87. The largest absolute Gasteiger partial charge is 0.392 e. The number of hydrogen-bond donors (Lipinski definition) is 2. The molecular formula is C16H22ClNO2. The second kappa shape index (κ2) is 6.15. The van der Waals surface area contributed by atoms with E-state index >= 15 is 0 Å². The predicted octanol–water partition coefficient (Wildman–Crippen LogP) is 2.89. The van der Waals surface area contributed by atoms with E-state index in [2.05, 4.69) is 5.32 Å². The molecular weight excluding hydrogens is 274 g/mol. The Morgan fingerprint density at radius 1 is 1.35 bits per heavy atom. The minimum Gasteiger partial charge on any atom is -0.392 e. The predicted molar refractivity (Wildman–Crippen MR) is 80.8 cm³/mol. The molecule has 1 aliphatic carbocycles. The van der Waals surface area contributed by atoms with Crippen molar-refractivity contribution in [1.82, 2.24) is 5.32 Å². The van der Waals surface area contributed by atoms with E-state index in [0.29, 0.717) is 6.54 Å². The van der Waals surface area contributed by atoms with E-state index < -0.39 is 6.10 Å². The van der Waals surface area contributed by atoms with Gasteiger partial charge in [0.05, 0.1) is 12.5 Å². The molecule has 0 radical (unpaired) electrons. The van der Waals surface area contributed by atoms with Crippen molar-refractivity contribution < 1.29 is 9.90 Å². The van der Waals surface area contributed by atoms with Gasteiger partial charge in [0.1, 0.15) is 0 Å². The normalized spacial score (nSPS) is 17.9. The van der Waals surface area contributed by atoms with Crippen molar-refractivity contribution in [2.45, 2.75) is 44.6 Å². The van der Waals surface area contributed by atoms with Crippen molar-refractivity contribution >= 4 is 17.5 Å². The Kier molecular flexibility index (Phi) is 4.71. The third-order valence-electron chi connectivity index (χ3n) is 4.10. The highest BCUT2D eigenvalue weighted by atomic mass is 35.5. The van der Waals surface area contributed by atoms with Crippen LogP contribution in [-0.4, -0.2) is 23.7 Å². The van der Waals surface area contributed by atoms with E-state index in [1.807, 2.05) is 38.1 Å². The van der Waals surface area contributed by atoms with Gasteiger partial charge in [-0.3, -0.25) is 4.79 Å². The number of aliphatic hydroxyl groups excluding tert-OH is 1. The van der Waals surface area contributed by atoms with Gasteiger partial charge in [-0.25, -0.2) is 0 Å². The maximum atomic E-state index is 11.8. The number of halogens is 1. The van der Waals surface area contributed by atoms with Crippen LogP contribution in [-0.2, 0) is 10.2 Å². The number of carbonyl (C=O) groups is 1. The molecule has 20 heavy (non-hydrogen) atoms. The number of aliphatic hydroxyl groups is 1. The average molecular weight is 296 g/mol. The van der Waals surface area contributed by atoms with E-state index in [1.165, 1.54) is 5.56 Å². The van der Waals surface area contributed by atoms with Crippen molar-refractivity contribution in [3.8, 4) is 0 Å². The van der Waals surface area contributed by atoms with Gasteiger partial charge in [-0.15, -0.1) is 0 Å². The van der Waals surface area contributed by atoms with Crippen LogP contribution in [0, 0.1) is 5.92 Å². The Labute approximate surface area is 125 Å². The molecule has 0 spiro atoms. The van der Waals surface area contributed by atoms with Gasteiger partial charge in [-0.05, 0) is 36.5 Å². The molecule has 1 aliphatic rings. The lowest BCUT2D eigenvalue weighted by Gasteiger charge is -2.18. The van der Waals surface area contributed by atoms with Crippen LogP contribution in [0.4, 0.5) is 0 Å². The molecule has 0 aromatic heterocycles. The molecule has 0 aliphatic heterocycles. The fraction of sp³-hybridized carbons (Fsp3) is 0.562. The second-order valence-electron chi connectivity index (χ2n) is 6.08. The first-order chi connectivity index (χ1) is 9.43. The zero-order chi connectivity index (χ0) is 14.8. The quantitative estimate of drug-likeness (QED) is 0.848. The van der Waals surface area contributed by atoms with Crippen LogP contribution >= 0.6 is 11.6 Å². The molecule has 0 bridgehead atoms. The maximum Gasteiger partial charge on any atom is 0.222 e. The lowest BCUT2D eigenvalue weighted by Crippen LogP contribution is -2.35. The monoisotopic (exact) mass is 295 g/mol. The molecule has 0 heterocycles. The SMILES string of the molecule is CC(C)C(O)CC(=O)NCC1(c2ccc(Cl)cc2)CC1. The minimum atomic E-state index is -0.569. The average Bonchev–Trinajstić information content (AvgIpc) is 3.18. The van der Waals surface area contributed by atoms with Gasteiger partial charge in [0.15, 0.2) is 0 Å². The molecule has 2 rings (SSSR count). The minimum absolute atomic E-state index is 0.0725. The summed E-state index contributed by atoms with van der Waals surface area (Å²) in [7, 11) is 0. The molecule has 0 saturated heterocycles. The fourth-order valence-corrected chi connectivity index (χ4v) is 2.41. The highest BCUT2D eigenvalue weighted by Crippen LogP contribution is 2.47. The van der Waals surface area contributed by atoms with Gasteiger partial charge < -0.3 is 10.4 Å². The summed E-state index contributed by atoms with van der Waals surface area (Å²) in [6, 6.07) is 7.84. The van der Waals surface area contributed by atoms with E-state index in [1.54, 1.807) is 0 Å². The second-order valence-corrected chi connectivity index (χ2v) is 6.52. The zero-order valence-electron chi connectivity index (χ0n) is 12.0. The molecule has 1 saturated carbocycles. The van der Waals surface area contributed by atoms with Crippen LogP contribution in [0.1, 0.15) is 38.7 Å². The molecule has 1 aromatic rings. The van der Waals surface area contributed by atoms with Gasteiger partial charge in [0, 0.05) is 17.0 Å². The highest BCUT2D eigenvalue weighted by molar-refractivity contribution is 6.30. The summed E-state index contributed by atoms with van der Waals surface area (Å²) in [4.78, 5) is 11.8. The third kappa shape index (κ3) is 3.74. The summed E-state index contributed by atoms with van der Waals surface area (Å²) in [5, 5.41) is 13.4. The van der Waals surface area contributed by atoms with Crippen LogP contribution in [0.5, 0.6) is 0 Å². The van der Waals surface area contributed by atoms with Gasteiger partial charge >= 0.3 is 0 Å². The number of hydrogen-bond acceptors (Lipinski definition) is 2. The number of carbonyl (C=O) groups excluding carboxylic acids is 1. The molecule has 1 atom stereocenters. The van der Waals surface area contributed by atoms with Gasteiger partial charge in [0.25, 0.3) is 0 Å². The van der Waals surface area contributed by atoms with Crippen molar-refractivity contribution in [2.75, 3.05) is 6.54 Å². The molecule has 1 unspecified atom stereocenters. The first kappa shape index (κ1) is 15.3. The summed E-state index contributed by atoms with van der Waals surface area (Å²) < 4.78 is 0. The van der Waals surface area contributed by atoms with Gasteiger partial charge in [0.2, 0.25) is 5.91 Å².